The molecule has 2 N–H and O–H groups in total. The van der Waals surface area contributed by atoms with Crippen LogP contribution in [-0.2, 0) is 6.54 Å². The van der Waals surface area contributed by atoms with Crippen molar-refractivity contribution in [3.05, 3.63) is 33.8 Å². The molecule has 0 bridgehead atoms. The summed E-state index contributed by atoms with van der Waals surface area (Å²) < 4.78 is 0. The average Bonchev–Trinajstić information content (AvgIpc) is 3.12. The summed E-state index contributed by atoms with van der Waals surface area (Å²) >= 11 is 11.8. The monoisotopic (exact) mass is 272 g/mol. The summed E-state index contributed by atoms with van der Waals surface area (Å²) in [5, 5.41) is 8.14. The normalized spacial score (nSPS) is 15.2. The van der Waals surface area contributed by atoms with Crippen LogP contribution < -0.4 is 10.6 Å². The lowest BCUT2D eigenvalue weighted by molar-refractivity contribution is 0.593. The van der Waals surface area contributed by atoms with Crippen molar-refractivity contribution in [3.8, 4) is 0 Å². The van der Waals surface area contributed by atoms with Crippen molar-refractivity contribution in [1.82, 2.24) is 10.6 Å². The highest BCUT2D eigenvalue weighted by atomic mass is 35.5. The first-order valence-electron chi connectivity index (χ1n) is 6.14. The summed E-state index contributed by atoms with van der Waals surface area (Å²) in [6.07, 6.45) is 3.88. The minimum atomic E-state index is 0.615. The van der Waals surface area contributed by atoms with Gasteiger partial charge in [0.15, 0.2) is 0 Å². The Morgan fingerprint density at radius 2 is 1.94 bits per heavy atom. The van der Waals surface area contributed by atoms with E-state index in [-0.39, 0.29) is 0 Å². The van der Waals surface area contributed by atoms with Crippen LogP contribution in [0.15, 0.2) is 18.2 Å². The highest BCUT2D eigenvalue weighted by Gasteiger charge is 2.19. The number of hydrogen-bond donors (Lipinski definition) is 2. The SMILES string of the molecule is Clc1ccc(CNCCCNC2CC2)cc1Cl. The first-order chi connectivity index (χ1) is 8.25. The minimum Gasteiger partial charge on any atom is -0.314 e. The maximum Gasteiger partial charge on any atom is 0.0595 e. The first kappa shape index (κ1) is 13.2. The summed E-state index contributed by atoms with van der Waals surface area (Å²) in [4.78, 5) is 0. The van der Waals surface area contributed by atoms with Crippen molar-refractivity contribution in [2.75, 3.05) is 13.1 Å². The van der Waals surface area contributed by atoms with Crippen molar-refractivity contribution >= 4 is 23.2 Å². The number of rotatable bonds is 7. The van der Waals surface area contributed by atoms with E-state index in [9.17, 15) is 0 Å². The molecule has 0 unspecified atom stereocenters. The van der Waals surface area contributed by atoms with Gasteiger partial charge in [0.25, 0.3) is 0 Å². The zero-order valence-corrected chi connectivity index (χ0v) is 11.3. The molecular formula is C13H18Cl2N2. The highest BCUT2D eigenvalue weighted by Crippen LogP contribution is 2.22. The molecule has 0 aromatic heterocycles. The quantitative estimate of drug-likeness (QED) is 0.745. The lowest BCUT2D eigenvalue weighted by atomic mass is 10.2. The third kappa shape index (κ3) is 4.84. The molecule has 0 atom stereocenters. The van der Waals surface area contributed by atoms with Crippen LogP contribution in [0.25, 0.3) is 0 Å². The Bertz CT molecular complexity index is 364. The maximum atomic E-state index is 5.95. The van der Waals surface area contributed by atoms with Crippen LogP contribution in [0.1, 0.15) is 24.8 Å². The van der Waals surface area contributed by atoms with Gasteiger partial charge in [-0.15, -0.1) is 0 Å². The van der Waals surface area contributed by atoms with E-state index in [1.807, 2.05) is 18.2 Å². The molecule has 0 saturated heterocycles. The van der Waals surface area contributed by atoms with Crippen LogP contribution in [0, 0.1) is 0 Å². The molecule has 1 aliphatic carbocycles. The van der Waals surface area contributed by atoms with Gasteiger partial charge < -0.3 is 10.6 Å². The second kappa shape index (κ2) is 6.60. The van der Waals surface area contributed by atoms with Crippen LogP contribution in [0.2, 0.25) is 10.0 Å². The van der Waals surface area contributed by atoms with E-state index in [1.54, 1.807) is 0 Å². The maximum absolute atomic E-state index is 5.95. The number of hydrogen-bond acceptors (Lipinski definition) is 2. The van der Waals surface area contributed by atoms with E-state index in [0.29, 0.717) is 10.0 Å². The highest BCUT2D eigenvalue weighted by molar-refractivity contribution is 6.42. The second-order valence-electron chi connectivity index (χ2n) is 4.51. The smallest absolute Gasteiger partial charge is 0.0595 e. The van der Waals surface area contributed by atoms with Gasteiger partial charge in [-0.1, -0.05) is 29.3 Å². The topological polar surface area (TPSA) is 24.1 Å². The Morgan fingerprint density at radius 3 is 2.65 bits per heavy atom. The third-order valence-electron chi connectivity index (χ3n) is 2.85. The largest absolute Gasteiger partial charge is 0.314 e. The van der Waals surface area contributed by atoms with Gasteiger partial charge in [0.05, 0.1) is 10.0 Å². The summed E-state index contributed by atoms with van der Waals surface area (Å²) in [6.45, 7) is 2.99. The van der Waals surface area contributed by atoms with Gasteiger partial charge in [-0.25, -0.2) is 0 Å². The molecule has 0 aliphatic heterocycles. The average molecular weight is 273 g/mol. The van der Waals surface area contributed by atoms with Crippen molar-refractivity contribution in [1.29, 1.82) is 0 Å². The van der Waals surface area contributed by atoms with Gasteiger partial charge in [-0.2, -0.15) is 0 Å². The van der Waals surface area contributed by atoms with Crippen molar-refractivity contribution in [2.45, 2.75) is 31.8 Å². The molecule has 94 valence electrons. The Hall–Kier alpha value is -0.280. The molecule has 2 rings (SSSR count). The predicted molar refractivity (Wildman–Crippen MR) is 73.8 cm³/mol. The van der Waals surface area contributed by atoms with Crippen LogP contribution >= 0.6 is 23.2 Å². The van der Waals surface area contributed by atoms with Gasteiger partial charge in [0, 0.05) is 12.6 Å². The molecule has 0 spiro atoms. The van der Waals surface area contributed by atoms with Crippen molar-refractivity contribution in [2.24, 2.45) is 0 Å². The zero-order valence-electron chi connectivity index (χ0n) is 9.81. The van der Waals surface area contributed by atoms with Gasteiger partial charge in [-0.3, -0.25) is 0 Å². The molecule has 0 radical (unpaired) electrons. The van der Waals surface area contributed by atoms with Gasteiger partial charge in [0.2, 0.25) is 0 Å². The number of benzene rings is 1. The third-order valence-corrected chi connectivity index (χ3v) is 3.59. The molecular weight excluding hydrogens is 255 g/mol. The fourth-order valence-corrected chi connectivity index (χ4v) is 2.01. The van der Waals surface area contributed by atoms with E-state index >= 15 is 0 Å². The molecule has 1 aromatic carbocycles. The van der Waals surface area contributed by atoms with Crippen LogP contribution in [0.4, 0.5) is 0 Å². The summed E-state index contributed by atoms with van der Waals surface area (Å²) in [5.74, 6) is 0. The van der Waals surface area contributed by atoms with E-state index in [4.69, 9.17) is 23.2 Å². The Labute approximate surface area is 113 Å². The Balaban J connectivity index is 1.58. The second-order valence-corrected chi connectivity index (χ2v) is 5.32. The standard InChI is InChI=1S/C13H18Cl2N2/c14-12-5-2-10(8-13(12)15)9-16-6-1-7-17-11-3-4-11/h2,5,8,11,16-17H,1,3-4,6-7,9H2. The number of halogens is 2. The molecule has 0 heterocycles. The zero-order chi connectivity index (χ0) is 12.1. The fourth-order valence-electron chi connectivity index (χ4n) is 1.69. The van der Waals surface area contributed by atoms with Crippen LogP contribution in [0.5, 0.6) is 0 Å². The van der Waals surface area contributed by atoms with E-state index in [0.717, 1.165) is 32.1 Å². The predicted octanol–water partition coefficient (Wildman–Crippen LogP) is 3.23. The Morgan fingerprint density at radius 1 is 1.12 bits per heavy atom. The fraction of sp³-hybridized carbons (Fsp3) is 0.538. The van der Waals surface area contributed by atoms with Gasteiger partial charge in [0.1, 0.15) is 0 Å². The van der Waals surface area contributed by atoms with Gasteiger partial charge in [-0.05, 0) is 50.0 Å². The molecule has 17 heavy (non-hydrogen) atoms. The van der Waals surface area contributed by atoms with E-state index in [2.05, 4.69) is 10.6 Å². The van der Waals surface area contributed by atoms with Gasteiger partial charge >= 0.3 is 0 Å². The van der Waals surface area contributed by atoms with Crippen molar-refractivity contribution in [3.63, 3.8) is 0 Å². The summed E-state index contributed by atoms with van der Waals surface area (Å²) in [5.41, 5.74) is 1.18. The molecule has 1 aliphatic rings. The van der Waals surface area contributed by atoms with Crippen LogP contribution in [0.3, 0.4) is 0 Å². The summed E-state index contributed by atoms with van der Waals surface area (Å²) in [6, 6.07) is 6.57. The lowest BCUT2D eigenvalue weighted by Gasteiger charge is -2.06. The van der Waals surface area contributed by atoms with E-state index in [1.165, 1.54) is 18.4 Å². The minimum absolute atomic E-state index is 0.615. The van der Waals surface area contributed by atoms with Crippen molar-refractivity contribution < 1.29 is 0 Å². The molecule has 0 amide bonds. The molecule has 2 nitrogen and oxygen atoms in total. The molecule has 4 heteroatoms. The molecule has 1 saturated carbocycles. The Kier molecular flexibility index (Phi) is 5.11. The molecule has 1 aromatic rings. The molecule has 1 fully saturated rings. The lowest BCUT2D eigenvalue weighted by Crippen LogP contribution is -2.23. The first-order valence-corrected chi connectivity index (χ1v) is 6.89. The summed E-state index contributed by atoms with van der Waals surface area (Å²) in [7, 11) is 0. The number of nitrogens with one attached hydrogen (secondary N) is 2. The van der Waals surface area contributed by atoms with Crippen LogP contribution in [-0.4, -0.2) is 19.1 Å². The van der Waals surface area contributed by atoms with E-state index < -0.39 is 0 Å².